The molecule has 0 atom stereocenters. The molecule has 0 spiro atoms. The van der Waals surface area contributed by atoms with Gasteiger partial charge in [-0.1, -0.05) is 0 Å². The second-order valence-corrected chi connectivity index (χ2v) is 3.60. The third-order valence-corrected chi connectivity index (χ3v) is 2.19. The highest BCUT2D eigenvalue weighted by Gasteiger charge is 2.19. The SMILES string of the molecule is O=[N+]([O-])c1cc(F)ccc1Oc1nc(Cl)ncc1F. The minimum atomic E-state index is -0.956. The summed E-state index contributed by atoms with van der Waals surface area (Å²) in [4.78, 5) is 16.7. The van der Waals surface area contributed by atoms with Crippen molar-refractivity contribution in [3.8, 4) is 11.6 Å². The molecule has 0 fully saturated rings. The van der Waals surface area contributed by atoms with Crippen molar-refractivity contribution in [3.05, 3.63) is 51.4 Å². The average Bonchev–Trinajstić information content (AvgIpc) is 2.35. The Morgan fingerprint density at radius 2 is 2.11 bits per heavy atom. The van der Waals surface area contributed by atoms with Crippen molar-refractivity contribution in [3.63, 3.8) is 0 Å². The van der Waals surface area contributed by atoms with Crippen molar-refractivity contribution in [1.29, 1.82) is 0 Å². The molecule has 0 radical (unpaired) electrons. The topological polar surface area (TPSA) is 78.2 Å². The molecule has 1 heterocycles. The molecule has 0 N–H and O–H groups in total. The highest BCUT2D eigenvalue weighted by atomic mass is 35.5. The van der Waals surface area contributed by atoms with Crippen LogP contribution in [0.5, 0.6) is 11.6 Å². The fourth-order valence-electron chi connectivity index (χ4n) is 1.23. The molecule has 1 aromatic carbocycles. The van der Waals surface area contributed by atoms with Crippen LogP contribution in [0.3, 0.4) is 0 Å². The van der Waals surface area contributed by atoms with Crippen LogP contribution in [-0.2, 0) is 0 Å². The molecule has 6 nitrogen and oxygen atoms in total. The summed E-state index contributed by atoms with van der Waals surface area (Å²) in [6, 6.07) is 2.57. The van der Waals surface area contributed by atoms with E-state index in [1.54, 1.807) is 0 Å². The van der Waals surface area contributed by atoms with Crippen molar-refractivity contribution in [2.75, 3.05) is 0 Å². The van der Waals surface area contributed by atoms with E-state index in [0.29, 0.717) is 6.07 Å². The smallest absolute Gasteiger partial charge is 0.314 e. The Balaban J connectivity index is 2.43. The maximum Gasteiger partial charge on any atom is 0.314 e. The van der Waals surface area contributed by atoms with Gasteiger partial charge in [0, 0.05) is 0 Å². The van der Waals surface area contributed by atoms with Crippen LogP contribution in [0.1, 0.15) is 0 Å². The normalized spacial score (nSPS) is 10.3. The number of rotatable bonds is 3. The van der Waals surface area contributed by atoms with Crippen LogP contribution in [-0.4, -0.2) is 14.9 Å². The predicted octanol–water partition coefficient (Wildman–Crippen LogP) is 3.11. The van der Waals surface area contributed by atoms with Crippen molar-refractivity contribution >= 4 is 17.3 Å². The van der Waals surface area contributed by atoms with E-state index in [2.05, 4.69) is 9.97 Å². The van der Waals surface area contributed by atoms with Gasteiger partial charge < -0.3 is 4.74 Å². The van der Waals surface area contributed by atoms with Gasteiger partial charge in [0.25, 0.3) is 5.88 Å². The largest absolute Gasteiger partial charge is 0.429 e. The maximum atomic E-state index is 13.3. The molecule has 98 valence electrons. The zero-order valence-electron chi connectivity index (χ0n) is 9.01. The number of benzene rings is 1. The van der Waals surface area contributed by atoms with Gasteiger partial charge in [0.15, 0.2) is 0 Å². The van der Waals surface area contributed by atoms with Gasteiger partial charge in [-0.3, -0.25) is 10.1 Å². The molecule has 19 heavy (non-hydrogen) atoms. The lowest BCUT2D eigenvalue weighted by Gasteiger charge is -2.06. The second kappa shape index (κ2) is 5.11. The summed E-state index contributed by atoms with van der Waals surface area (Å²) in [5.74, 6) is -2.72. The van der Waals surface area contributed by atoms with Gasteiger partial charge in [0.05, 0.1) is 17.2 Å². The third-order valence-electron chi connectivity index (χ3n) is 2.01. The van der Waals surface area contributed by atoms with Crippen molar-refractivity contribution < 1.29 is 18.4 Å². The first-order valence-electron chi connectivity index (χ1n) is 4.77. The van der Waals surface area contributed by atoms with Crippen LogP contribution in [0.4, 0.5) is 14.5 Å². The quantitative estimate of drug-likeness (QED) is 0.492. The average molecular weight is 288 g/mol. The number of nitro groups is 1. The summed E-state index contributed by atoms with van der Waals surface area (Å²) < 4.78 is 31.1. The zero-order valence-corrected chi connectivity index (χ0v) is 9.77. The molecular formula is C10H4ClF2N3O3. The Bertz CT molecular complexity index is 654. The highest BCUT2D eigenvalue weighted by molar-refractivity contribution is 6.28. The van der Waals surface area contributed by atoms with Gasteiger partial charge in [-0.05, 0) is 23.7 Å². The van der Waals surface area contributed by atoms with Crippen LogP contribution < -0.4 is 4.74 Å². The molecular weight excluding hydrogens is 284 g/mol. The lowest BCUT2D eigenvalue weighted by Crippen LogP contribution is -1.98. The number of hydrogen-bond acceptors (Lipinski definition) is 5. The summed E-state index contributed by atoms with van der Waals surface area (Å²) in [5, 5.41) is 10.4. The minimum absolute atomic E-state index is 0.291. The number of halogens is 3. The third kappa shape index (κ3) is 2.91. The van der Waals surface area contributed by atoms with E-state index in [-0.39, 0.29) is 11.0 Å². The van der Waals surface area contributed by atoms with Crippen molar-refractivity contribution in [1.82, 2.24) is 9.97 Å². The fraction of sp³-hybridized carbons (Fsp3) is 0. The van der Waals surface area contributed by atoms with E-state index in [9.17, 15) is 18.9 Å². The minimum Gasteiger partial charge on any atom is -0.429 e. The summed E-state index contributed by atoms with van der Waals surface area (Å²) in [6.07, 6.45) is 0.750. The van der Waals surface area contributed by atoms with Crippen LogP contribution in [0.15, 0.2) is 24.4 Å². The lowest BCUT2D eigenvalue weighted by molar-refractivity contribution is -0.385. The summed E-state index contributed by atoms with van der Waals surface area (Å²) >= 11 is 5.45. The summed E-state index contributed by atoms with van der Waals surface area (Å²) in [7, 11) is 0. The molecule has 0 unspecified atom stereocenters. The molecule has 0 aliphatic rings. The number of ether oxygens (including phenoxy) is 1. The molecule has 0 bridgehead atoms. The zero-order chi connectivity index (χ0) is 14.0. The van der Waals surface area contributed by atoms with Gasteiger partial charge in [-0.25, -0.2) is 9.37 Å². The number of nitrogens with zero attached hydrogens (tertiary/aromatic N) is 3. The van der Waals surface area contributed by atoms with Crippen LogP contribution >= 0.6 is 11.6 Å². The van der Waals surface area contributed by atoms with Gasteiger partial charge in [-0.15, -0.1) is 0 Å². The first-order chi connectivity index (χ1) is 8.97. The Morgan fingerprint density at radius 3 is 2.79 bits per heavy atom. The molecule has 0 saturated heterocycles. The first-order valence-corrected chi connectivity index (χ1v) is 5.15. The molecule has 0 amide bonds. The highest BCUT2D eigenvalue weighted by Crippen LogP contribution is 2.32. The standard InChI is InChI=1S/C10H4ClF2N3O3/c11-10-14-4-6(13)9(15-10)19-8-2-1-5(12)3-7(8)16(17)18/h1-4H. The Hall–Kier alpha value is -2.35. The second-order valence-electron chi connectivity index (χ2n) is 3.26. The Morgan fingerprint density at radius 1 is 1.37 bits per heavy atom. The van der Waals surface area contributed by atoms with E-state index >= 15 is 0 Å². The monoisotopic (exact) mass is 287 g/mol. The molecule has 0 aliphatic carbocycles. The van der Waals surface area contributed by atoms with Gasteiger partial charge in [0.2, 0.25) is 16.9 Å². The number of nitro benzene ring substituents is 1. The first kappa shape index (κ1) is 13.1. The Kier molecular flexibility index (Phi) is 3.52. The van der Waals surface area contributed by atoms with Gasteiger partial charge >= 0.3 is 5.69 Å². The molecule has 1 aromatic heterocycles. The molecule has 2 aromatic rings. The van der Waals surface area contributed by atoms with E-state index in [4.69, 9.17) is 16.3 Å². The van der Waals surface area contributed by atoms with E-state index in [1.807, 2.05) is 0 Å². The van der Waals surface area contributed by atoms with Crippen molar-refractivity contribution in [2.24, 2.45) is 0 Å². The van der Waals surface area contributed by atoms with Crippen LogP contribution in [0.2, 0.25) is 5.28 Å². The van der Waals surface area contributed by atoms with Crippen LogP contribution in [0, 0.1) is 21.7 Å². The lowest BCUT2D eigenvalue weighted by atomic mass is 10.3. The van der Waals surface area contributed by atoms with E-state index < -0.39 is 28.1 Å². The fourth-order valence-corrected chi connectivity index (χ4v) is 1.35. The summed E-state index contributed by atoms with van der Waals surface area (Å²) in [6.45, 7) is 0. The van der Waals surface area contributed by atoms with Gasteiger partial charge in [0.1, 0.15) is 5.82 Å². The number of hydrogen-bond donors (Lipinski definition) is 0. The Labute approximate surface area is 109 Å². The van der Waals surface area contributed by atoms with E-state index in [0.717, 1.165) is 18.3 Å². The van der Waals surface area contributed by atoms with Gasteiger partial charge in [-0.2, -0.15) is 9.37 Å². The van der Waals surface area contributed by atoms with Crippen molar-refractivity contribution in [2.45, 2.75) is 0 Å². The number of aromatic nitrogens is 2. The van der Waals surface area contributed by atoms with E-state index in [1.165, 1.54) is 0 Å². The summed E-state index contributed by atoms with van der Waals surface area (Å²) in [5.41, 5.74) is -0.658. The molecule has 2 rings (SSSR count). The predicted molar refractivity (Wildman–Crippen MR) is 60.1 cm³/mol. The molecule has 9 heteroatoms. The molecule has 0 saturated carbocycles. The maximum absolute atomic E-state index is 13.3. The molecule has 0 aliphatic heterocycles. The van der Waals surface area contributed by atoms with Crippen LogP contribution in [0.25, 0.3) is 0 Å².